The van der Waals surface area contributed by atoms with E-state index in [1.54, 1.807) is 20.4 Å². The van der Waals surface area contributed by atoms with Gasteiger partial charge >= 0.3 is 0 Å². The van der Waals surface area contributed by atoms with E-state index >= 15 is 0 Å². The predicted octanol–water partition coefficient (Wildman–Crippen LogP) is 3.11. The third kappa shape index (κ3) is 2.66. The molecule has 0 saturated carbocycles. The van der Waals surface area contributed by atoms with Gasteiger partial charge in [-0.05, 0) is 55.2 Å². The van der Waals surface area contributed by atoms with E-state index in [2.05, 4.69) is 42.3 Å². The van der Waals surface area contributed by atoms with Crippen LogP contribution in [0.15, 0.2) is 36.7 Å². The van der Waals surface area contributed by atoms with Crippen molar-refractivity contribution in [1.82, 2.24) is 10.3 Å². The molecule has 1 aromatic heterocycles. The lowest BCUT2D eigenvalue weighted by Crippen LogP contribution is -2.47. The molecule has 1 aliphatic heterocycles. The number of hydrogen-bond acceptors (Lipinski definition) is 4. The quantitative estimate of drug-likeness (QED) is 0.945. The van der Waals surface area contributed by atoms with Crippen LogP contribution in [0.4, 0.5) is 0 Å². The van der Waals surface area contributed by atoms with Crippen molar-refractivity contribution in [3.63, 3.8) is 0 Å². The van der Waals surface area contributed by atoms with Crippen LogP contribution < -0.4 is 14.8 Å². The number of hydrogen-bond donors (Lipinski definition) is 1. The van der Waals surface area contributed by atoms with Crippen molar-refractivity contribution >= 4 is 0 Å². The van der Waals surface area contributed by atoms with E-state index in [0.717, 1.165) is 23.5 Å². The minimum absolute atomic E-state index is 0.00705. The Morgan fingerprint density at radius 1 is 1.18 bits per heavy atom. The first-order chi connectivity index (χ1) is 10.5. The van der Waals surface area contributed by atoms with Crippen LogP contribution in [0.25, 0.3) is 0 Å². The second-order valence-electron chi connectivity index (χ2n) is 6.33. The van der Waals surface area contributed by atoms with Gasteiger partial charge in [-0.25, -0.2) is 0 Å². The average Bonchev–Trinajstić information content (AvgIpc) is 2.53. The van der Waals surface area contributed by atoms with Crippen molar-refractivity contribution in [2.75, 3.05) is 14.2 Å². The molecule has 1 aromatic carbocycles. The van der Waals surface area contributed by atoms with Gasteiger partial charge in [0.2, 0.25) is 0 Å². The molecule has 4 heteroatoms. The number of nitrogens with one attached hydrogen (secondary N) is 1. The van der Waals surface area contributed by atoms with Gasteiger partial charge in [-0.2, -0.15) is 0 Å². The molecule has 1 N–H and O–H groups in total. The first-order valence-corrected chi connectivity index (χ1v) is 7.46. The van der Waals surface area contributed by atoms with Gasteiger partial charge in [0.1, 0.15) is 0 Å². The summed E-state index contributed by atoms with van der Waals surface area (Å²) in [6, 6.07) is 8.35. The highest BCUT2D eigenvalue weighted by Crippen LogP contribution is 2.40. The maximum Gasteiger partial charge on any atom is 0.161 e. The third-order valence-electron chi connectivity index (χ3n) is 4.14. The molecule has 2 aromatic rings. The maximum atomic E-state index is 5.47. The van der Waals surface area contributed by atoms with Crippen molar-refractivity contribution in [2.45, 2.75) is 31.8 Å². The summed E-state index contributed by atoms with van der Waals surface area (Å²) in [5.74, 6) is 1.54. The van der Waals surface area contributed by atoms with Crippen molar-refractivity contribution in [2.24, 2.45) is 0 Å². The standard InChI is InChI=1S/C18H22N2O2/c1-18(2)10-13-8-15(21-3)16(22-4)9-14(13)17(20-18)12-6-5-7-19-11-12/h5-9,11,17,20H,10H2,1-4H3. The molecule has 4 nitrogen and oxygen atoms in total. The van der Waals surface area contributed by atoms with E-state index < -0.39 is 0 Å². The van der Waals surface area contributed by atoms with E-state index in [1.807, 2.05) is 12.3 Å². The van der Waals surface area contributed by atoms with Crippen LogP contribution in [-0.2, 0) is 6.42 Å². The summed E-state index contributed by atoms with van der Waals surface area (Å²) < 4.78 is 10.9. The fourth-order valence-corrected chi connectivity index (χ4v) is 3.16. The summed E-state index contributed by atoms with van der Waals surface area (Å²) in [6.07, 6.45) is 4.66. The van der Waals surface area contributed by atoms with Gasteiger partial charge < -0.3 is 14.8 Å². The molecule has 0 bridgehead atoms. The Kier molecular flexibility index (Phi) is 3.79. The van der Waals surface area contributed by atoms with Gasteiger partial charge in [0.05, 0.1) is 20.3 Å². The van der Waals surface area contributed by atoms with Gasteiger partial charge in [0.25, 0.3) is 0 Å². The SMILES string of the molecule is COc1cc2c(cc1OC)C(c1cccnc1)NC(C)(C)C2. The van der Waals surface area contributed by atoms with Gasteiger partial charge in [-0.1, -0.05) is 6.07 Å². The maximum absolute atomic E-state index is 5.47. The molecule has 0 radical (unpaired) electrons. The number of ether oxygens (including phenoxy) is 2. The molecular weight excluding hydrogens is 276 g/mol. The monoisotopic (exact) mass is 298 g/mol. The first-order valence-electron chi connectivity index (χ1n) is 7.46. The lowest BCUT2D eigenvalue weighted by atomic mass is 9.81. The zero-order chi connectivity index (χ0) is 15.7. The summed E-state index contributed by atoms with van der Waals surface area (Å²) in [7, 11) is 3.35. The highest BCUT2D eigenvalue weighted by Gasteiger charge is 2.33. The first kappa shape index (κ1) is 14.9. The Labute approximate surface area is 131 Å². The Bertz CT molecular complexity index is 668. The number of aromatic nitrogens is 1. The van der Waals surface area contributed by atoms with E-state index in [0.29, 0.717) is 0 Å². The summed E-state index contributed by atoms with van der Waals surface area (Å²) in [5, 5.41) is 3.72. The second kappa shape index (κ2) is 5.61. The molecule has 0 spiro atoms. The summed E-state index contributed by atoms with van der Waals surface area (Å²) in [6.45, 7) is 4.44. The minimum atomic E-state index is 0.00705. The third-order valence-corrected chi connectivity index (χ3v) is 4.14. The summed E-state index contributed by atoms with van der Waals surface area (Å²) in [4.78, 5) is 4.26. The van der Waals surface area contributed by atoms with E-state index in [9.17, 15) is 0 Å². The lowest BCUT2D eigenvalue weighted by molar-refractivity contribution is 0.324. The highest BCUT2D eigenvalue weighted by molar-refractivity contribution is 5.52. The Hall–Kier alpha value is -2.07. The smallest absolute Gasteiger partial charge is 0.161 e. The van der Waals surface area contributed by atoms with E-state index in [1.165, 1.54) is 11.1 Å². The topological polar surface area (TPSA) is 43.4 Å². The van der Waals surface area contributed by atoms with Crippen molar-refractivity contribution < 1.29 is 9.47 Å². The zero-order valence-electron chi connectivity index (χ0n) is 13.5. The van der Waals surface area contributed by atoms with Gasteiger partial charge in [-0.3, -0.25) is 4.98 Å². The number of rotatable bonds is 3. The Morgan fingerprint density at radius 2 is 1.91 bits per heavy atom. The molecule has 1 aliphatic rings. The van der Waals surface area contributed by atoms with Crippen LogP contribution in [0, 0.1) is 0 Å². The van der Waals surface area contributed by atoms with E-state index in [-0.39, 0.29) is 11.6 Å². The van der Waals surface area contributed by atoms with Crippen molar-refractivity contribution in [3.8, 4) is 11.5 Å². The zero-order valence-corrected chi connectivity index (χ0v) is 13.5. The lowest BCUT2D eigenvalue weighted by Gasteiger charge is -2.39. The minimum Gasteiger partial charge on any atom is -0.493 e. The molecule has 116 valence electrons. The molecule has 0 aliphatic carbocycles. The van der Waals surface area contributed by atoms with Crippen LogP contribution >= 0.6 is 0 Å². The van der Waals surface area contributed by atoms with Crippen LogP contribution in [0.1, 0.15) is 36.6 Å². The van der Waals surface area contributed by atoms with Crippen LogP contribution in [0.2, 0.25) is 0 Å². The summed E-state index contributed by atoms with van der Waals surface area (Å²) >= 11 is 0. The normalized spacial score (nSPS) is 19.4. The fourth-order valence-electron chi connectivity index (χ4n) is 3.16. The number of fused-ring (bicyclic) bond motifs is 1. The largest absolute Gasteiger partial charge is 0.493 e. The molecule has 0 saturated heterocycles. The molecule has 1 unspecified atom stereocenters. The van der Waals surface area contributed by atoms with Crippen molar-refractivity contribution in [3.05, 3.63) is 53.3 Å². The molecule has 0 amide bonds. The molecule has 1 atom stereocenters. The fraction of sp³-hybridized carbons (Fsp3) is 0.389. The molecule has 2 heterocycles. The Morgan fingerprint density at radius 3 is 2.55 bits per heavy atom. The number of benzene rings is 1. The van der Waals surface area contributed by atoms with Gasteiger partial charge in [-0.15, -0.1) is 0 Å². The molecule has 0 fully saturated rings. The van der Waals surface area contributed by atoms with Crippen LogP contribution in [-0.4, -0.2) is 24.7 Å². The predicted molar refractivity (Wildman–Crippen MR) is 86.5 cm³/mol. The number of methoxy groups -OCH3 is 2. The summed E-state index contributed by atoms with van der Waals surface area (Å²) in [5.41, 5.74) is 3.68. The van der Waals surface area contributed by atoms with Gasteiger partial charge in [0, 0.05) is 17.9 Å². The van der Waals surface area contributed by atoms with Crippen molar-refractivity contribution in [1.29, 1.82) is 0 Å². The van der Waals surface area contributed by atoms with E-state index in [4.69, 9.17) is 9.47 Å². The molecular formula is C18H22N2O2. The molecule has 3 rings (SSSR count). The average molecular weight is 298 g/mol. The number of pyridine rings is 1. The second-order valence-corrected chi connectivity index (χ2v) is 6.33. The molecule has 22 heavy (non-hydrogen) atoms. The van der Waals surface area contributed by atoms with Crippen LogP contribution in [0.3, 0.4) is 0 Å². The number of nitrogens with zero attached hydrogens (tertiary/aromatic N) is 1. The van der Waals surface area contributed by atoms with Crippen LogP contribution in [0.5, 0.6) is 11.5 Å². The Balaban J connectivity index is 2.15. The highest BCUT2D eigenvalue weighted by atomic mass is 16.5. The van der Waals surface area contributed by atoms with Gasteiger partial charge in [0.15, 0.2) is 11.5 Å².